The normalized spacial score (nSPS) is 14.2. The number of aromatic nitrogens is 2. The van der Waals surface area contributed by atoms with E-state index in [9.17, 15) is 9.59 Å². The molecule has 1 saturated heterocycles. The van der Waals surface area contributed by atoms with Gasteiger partial charge >= 0.3 is 0 Å². The molecule has 1 aliphatic rings. The van der Waals surface area contributed by atoms with E-state index < -0.39 is 0 Å². The van der Waals surface area contributed by atoms with Gasteiger partial charge in [-0.1, -0.05) is 17.7 Å². The van der Waals surface area contributed by atoms with Crippen molar-refractivity contribution in [2.45, 2.75) is 20.8 Å². The number of hydrogen-bond acceptors (Lipinski definition) is 5. The Morgan fingerprint density at radius 3 is 2.41 bits per heavy atom. The number of nitrogens with zero attached hydrogens (tertiary/aromatic N) is 4. The predicted octanol–water partition coefficient (Wildman–Crippen LogP) is 2.79. The van der Waals surface area contributed by atoms with Gasteiger partial charge in [-0.3, -0.25) is 9.59 Å². The van der Waals surface area contributed by atoms with E-state index in [-0.39, 0.29) is 11.8 Å². The van der Waals surface area contributed by atoms with Crippen molar-refractivity contribution in [2.75, 3.05) is 31.5 Å². The average molecular weight is 388 g/mol. The van der Waals surface area contributed by atoms with E-state index in [4.69, 9.17) is 11.6 Å². The van der Waals surface area contributed by atoms with Crippen LogP contribution in [-0.2, 0) is 4.79 Å². The average Bonchev–Trinajstić information content (AvgIpc) is 2.64. The highest BCUT2D eigenvalue weighted by molar-refractivity contribution is 6.33. The lowest BCUT2D eigenvalue weighted by Crippen LogP contribution is -2.50. The fraction of sp³-hybridized carbons (Fsp3) is 0.368. The van der Waals surface area contributed by atoms with Crippen molar-refractivity contribution in [1.82, 2.24) is 19.8 Å². The second-order valence-corrected chi connectivity index (χ2v) is 7.03. The maximum atomic E-state index is 12.7. The molecule has 27 heavy (non-hydrogen) atoms. The van der Waals surface area contributed by atoms with Crippen LogP contribution in [0.5, 0.6) is 0 Å². The molecule has 2 aromatic rings. The molecule has 0 spiro atoms. The highest BCUT2D eigenvalue weighted by atomic mass is 35.5. The minimum atomic E-state index is -0.171. The summed E-state index contributed by atoms with van der Waals surface area (Å²) < 4.78 is 0. The van der Waals surface area contributed by atoms with Gasteiger partial charge in [-0.05, 0) is 37.1 Å². The summed E-state index contributed by atoms with van der Waals surface area (Å²) in [5, 5.41) is 3.69. The predicted molar refractivity (Wildman–Crippen MR) is 104 cm³/mol. The van der Waals surface area contributed by atoms with E-state index in [1.165, 1.54) is 6.92 Å². The molecular formula is C19H22ClN5O2. The number of rotatable bonds is 3. The van der Waals surface area contributed by atoms with Crippen LogP contribution in [-0.4, -0.2) is 57.8 Å². The Labute approximate surface area is 163 Å². The lowest BCUT2D eigenvalue weighted by Gasteiger charge is -2.34. The third-order valence-electron chi connectivity index (χ3n) is 4.56. The number of carbonyl (C=O) groups excluding carboxylic acids is 2. The first kappa shape index (κ1) is 19.1. The molecule has 3 rings (SSSR count). The Hall–Kier alpha value is -2.67. The minimum Gasteiger partial charge on any atom is -0.339 e. The third-order valence-corrected chi connectivity index (χ3v) is 4.85. The molecule has 0 atom stereocenters. The molecule has 1 fully saturated rings. The lowest BCUT2D eigenvalue weighted by atomic mass is 10.1. The minimum absolute atomic E-state index is 0.0287. The number of nitrogens with one attached hydrogen (secondary N) is 1. The van der Waals surface area contributed by atoms with Crippen LogP contribution in [0.3, 0.4) is 0 Å². The van der Waals surface area contributed by atoms with Gasteiger partial charge in [-0.2, -0.15) is 0 Å². The first-order valence-electron chi connectivity index (χ1n) is 8.77. The molecule has 0 radical (unpaired) electrons. The Kier molecular flexibility index (Phi) is 5.60. The van der Waals surface area contributed by atoms with Crippen molar-refractivity contribution in [2.24, 2.45) is 0 Å². The number of anilines is 2. The molecule has 1 N–H and O–H groups in total. The van der Waals surface area contributed by atoms with E-state index >= 15 is 0 Å². The highest BCUT2D eigenvalue weighted by Crippen LogP contribution is 2.29. The number of amides is 2. The Morgan fingerprint density at radius 1 is 1.11 bits per heavy atom. The van der Waals surface area contributed by atoms with Gasteiger partial charge in [0.2, 0.25) is 11.9 Å². The van der Waals surface area contributed by atoms with Crippen LogP contribution in [0.25, 0.3) is 0 Å². The molecule has 1 aromatic heterocycles. The zero-order valence-corrected chi connectivity index (χ0v) is 16.4. The number of halogens is 1. The molecule has 1 aromatic carbocycles. The largest absolute Gasteiger partial charge is 0.339 e. The summed E-state index contributed by atoms with van der Waals surface area (Å²) in [4.78, 5) is 36.1. The van der Waals surface area contributed by atoms with Gasteiger partial charge < -0.3 is 15.1 Å². The quantitative estimate of drug-likeness (QED) is 0.876. The first-order chi connectivity index (χ1) is 12.8. The molecule has 0 unspecified atom stereocenters. The summed E-state index contributed by atoms with van der Waals surface area (Å²) in [7, 11) is 0. The van der Waals surface area contributed by atoms with Crippen LogP contribution < -0.4 is 5.32 Å². The Balaban J connectivity index is 1.74. The van der Waals surface area contributed by atoms with Gasteiger partial charge in [0.1, 0.15) is 5.69 Å². The summed E-state index contributed by atoms with van der Waals surface area (Å²) >= 11 is 6.32. The second-order valence-electron chi connectivity index (χ2n) is 6.63. The van der Waals surface area contributed by atoms with E-state index in [2.05, 4.69) is 15.3 Å². The van der Waals surface area contributed by atoms with Crippen molar-refractivity contribution >= 4 is 35.1 Å². The maximum Gasteiger partial charge on any atom is 0.272 e. The molecule has 142 valence electrons. The van der Waals surface area contributed by atoms with Gasteiger partial charge in [0.05, 0.1) is 10.7 Å². The van der Waals surface area contributed by atoms with Crippen LogP contribution in [0, 0.1) is 13.8 Å². The van der Waals surface area contributed by atoms with E-state index in [1.54, 1.807) is 22.1 Å². The standard InChI is InChI=1S/C19H22ClN5O2/c1-12-10-13(2)17(15(20)11-12)23-19-21-5-4-16(22-19)18(27)25-8-6-24(7-9-25)14(3)26/h4-5,10-11H,6-9H2,1-3H3,(H,21,22,23). The molecule has 2 heterocycles. The molecule has 7 nitrogen and oxygen atoms in total. The van der Waals surface area contributed by atoms with Gasteiger partial charge in [-0.25, -0.2) is 9.97 Å². The van der Waals surface area contributed by atoms with Crippen molar-refractivity contribution in [1.29, 1.82) is 0 Å². The van der Waals surface area contributed by atoms with Gasteiger partial charge in [0.15, 0.2) is 0 Å². The number of hydrogen-bond donors (Lipinski definition) is 1. The van der Waals surface area contributed by atoms with Crippen LogP contribution in [0.15, 0.2) is 24.4 Å². The molecule has 0 bridgehead atoms. The topological polar surface area (TPSA) is 78.4 Å². The maximum absolute atomic E-state index is 12.7. The van der Waals surface area contributed by atoms with Gasteiger partial charge in [0, 0.05) is 39.3 Å². The van der Waals surface area contributed by atoms with Crippen LogP contribution in [0.2, 0.25) is 5.02 Å². The molecule has 0 saturated carbocycles. The van der Waals surface area contributed by atoms with E-state index in [0.717, 1.165) is 16.8 Å². The molecule has 2 amide bonds. The van der Waals surface area contributed by atoms with Crippen molar-refractivity contribution < 1.29 is 9.59 Å². The number of benzene rings is 1. The van der Waals surface area contributed by atoms with Gasteiger partial charge in [-0.15, -0.1) is 0 Å². The summed E-state index contributed by atoms with van der Waals surface area (Å²) in [6.45, 7) is 7.53. The number of aryl methyl sites for hydroxylation is 2. The zero-order chi connectivity index (χ0) is 19.6. The fourth-order valence-corrected chi connectivity index (χ4v) is 3.48. The third kappa shape index (κ3) is 4.36. The van der Waals surface area contributed by atoms with E-state index in [0.29, 0.717) is 42.8 Å². The molecular weight excluding hydrogens is 366 g/mol. The number of carbonyl (C=O) groups is 2. The Bertz CT molecular complexity index is 855. The van der Waals surface area contributed by atoms with Crippen molar-refractivity contribution in [3.63, 3.8) is 0 Å². The second kappa shape index (κ2) is 7.92. The SMILES string of the molecule is CC(=O)N1CCN(C(=O)c2ccnc(Nc3c(C)cc(C)cc3Cl)n2)CC1. The van der Waals surface area contributed by atoms with Crippen LogP contribution in [0.1, 0.15) is 28.5 Å². The van der Waals surface area contributed by atoms with Crippen LogP contribution >= 0.6 is 11.6 Å². The van der Waals surface area contributed by atoms with Crippen molar-refractivity contribution in [3.05, 3.63) is 46.2 Å². The first-order valence-corrected chi connectivity index (χ1v) is 9.14. The Morgan fingerprint density at radius 2 is 1.78 bits per heavy atom. The van der Waals surface area contributed by atoms with E-state index in [1.807, 2.05) is 26.0 Å². The number of piperazine rings is 1. The molecule has 0 aliphatic carbocycles. The highest BCUT2D eigenvalue weighted by Gasteiger charge is 2.24. The van der Waals surface area contributed by atoms with Gasteiger partial charge in [0.25, 0.3) is 5.91 Å². The monoisotopic (exact) mass is 387 g/mol. The summed E-state index contributed by atoms with van der Waals surface area (Å²) in [6.07, 6.45) is 1.55. The summed E-state index contributed by atoms with van der Waals surface area (Å²) in [5.74, 6) is 0.174. The van der Waals surface area contributed by atoms with Crippen molar-refractivity contribution in [3.8, 4) is 0 Å². The molecule has 8 heteroatoms. The van der Waals surface area contributed by atoms with Crippen LogP contribution in [0.4, 0.5) is 11.6 Å². The smallest absolute Gasteiger partial charge is 0.272 e. The fourth-order valence-electron chi connectivity index (χ4n) is 3.11. The zero-order valence-electron chi connectivity index (χ0n) is 15.6. The lowest BCUT2D eigenvalue weighted by molar-refractivity contribution is -0.130. The summed E-state index contributed by atoms with van der Waals surface area (Å²) in [6, 6.07) is 5.46. The molecule has 1 aliphatic heterocycles. The summed E-state index contributed by atoms with van der Waals surface area (Å²) in [5.41, 5.74) is 3.07.